The fourth-order valence-electron chi connectivity index (χ4n) is 2.46. The number of rotatable bonds is 12. The maximum absolute atomic E-state index is 11.9. The highest BCUT2D eigenvalue weighted by Crippen LogP contribution is 2.15. The molecule has 0 fully saturated rings. The van der Waals surface area contributed by atoms with E-state index in [-0.39, 0.29) is 17.4 Å². The second-order valence-electron chi connectivity index (χ2n) is 6.62. The maximum atomic E-state index is 11.9. The fourth-order valence-corrected chi connectivity index (χ4v) is 2.46. The van der Waals surface area contributed by atoms with Crippen LogP contribution in [0.25, 0.3) is 0 Å². The molecule has 29 heavy (non-hydrogen) atoms. The number of unbranched alkanes of at least 4 members (excludes halogenated alkanes) is 4. The summed E-state index contributed by atoms with van der Waals surface area (Å²) in [6, 6.07) is 4.63. The van der Waals surface area contributed by atoms with E-state index in [2.05, 4.69) is 6.92 Å². The Hall–Kier alpha value is -2.90. The van der Waals surface area contributed by atoms with Crippen molar-refractivity contribution < 1.29 is 29.0 Å². The molecule has 8 heteroatoms. The molecule has 0 aliphatic heterocycles. The van der Waals surface area contributed by atoms with Gasteiger partial charge < -0.3 is 21.3 Å². The lowest BCUT2D eigenvalue weighted by molar-refractivity contribution is -0.119. The summed E-state index contributed by atoms with van der Waals surface area (Å²) in [6.45, 7) is 4.12. The third kappa shape index (κ3) is 12.2. The number of nitrogens with two attached hydrogens (primary N) is 2. The normalized spacial score (nSPS) is 9.86. The molecular weight excluding hydrogens is 376 g/mol. The average molecular weight is 408 g/mol. The number of carboxylic acids is 1. The van der Waals surface area contributed by atoms with Crippen LogP contribution in [0.2, 0.25) is 0 Å². The second-order valence-corrected chi connectivity index (χ2v) is 6.62. The van der Waals surface area contributed by atoms with Crippen molar-refractivity contribution in [2.24, 2.45) is 11.5 Å². The van der Waals surface area contributed by atoms with Gasteiger partial charge in [0.2, 0.25) is 11.8 Å². The van der Waals surface area contributed by atoms with Crippen molar-refractivity contribution in [3.05, 3.63) is 34.9 Å². The van der Waals surface area contributed by atoms with E-state index in [1.165, 1.54) is 6.07 Å². The van der Waals surface area contributed by atoms with Crippen LogP contribution in [0.4, 0.5) is 0 Å². The van der Waals surface area contributed by atoms with Gasteiger partial charge in [0.1, 0.15) is 0 Å². The topological polar surface area (TPSA) is 150 Å². The molecule has 0 spiro atoms. The highest BCUT2D eigenvalue weighted by atomic mass is 16.5. The third-order valence-corrected chi connectivity index (χ3v) is 4.11. The van der Waals surface area contributed by atoms with Gasteiger partial charge in [-0.3, -0.25) is 9.59 Å². The minimum absolute atomic E-state index is 0.139. The molecule has 1 rings (SSSR count). The zero-order chi connectivity index (χ0) is 22.2. The summed E-state index contributed by atoms with van der Waals surface area (Å²) in [6.07, 6.45) is 6.13. The van der Waals surface area contributed by atoms with Gasteiger partial charge in [0, 0.05) is 12.8 Å². The standard InChI is InChI=1S/C15H20O4.C6H12N2O2/c1-3-4-5-6-10-19-15(18)13-9-7-8-12(11(13)2)14(16)17;7-5(9)3-1-2-4-6(8)10/h7-9H,3-6,10H2,1-2H3,(H,16,17);1-4H2,(H2,7,9)(H2,8,10). The van der Waals surface area contributed by atoms with Crippen LogP contribution in [-0.2, 0) is 14.3 Å². The first-order valence-corrected chi connectivity index (χ1v) is 9.77. The summed E-state index contributed by atoms with van der Waals surface area (Å²) in [5, 5.41) is 8.99. The van der Waals surface area contributed by atoms with Crippen LogP contribution in [0.1, 0.15) is 84.6 Å². The number of aromatic carboxylic acids is 1. The van der Waals surface area contributed by atoms with E-state index in [9.17, 15) is 19.2 Å². The van der Waals surface area contributed by atoms with Gasteiger partial charge in [-0.05, 0) is 43.9 Å². The quantitative estimate of drug-likeness (QED) is 0.357. The van der Waals surface area contributed by atoms with Crippen molar-refractivity contribution in [3.63, 3.8) is 0 Å². The number of amides is 2. The number of carbonyl (C=O) groups excluding carboxylic acids is 3. The Labute approximate surface area is 171 Å². The van der Waals surface area contributed by atoms with Crippen LogP contribution >= 0.6 is 0 Å². The van der Waals surface area contributed by atoms with Crippen LogP contribution in [-0.4, -0.2) is 35.5 Å². The summed E-state index contributed by atoms with van der Waals surface area (Å²) in [5.41, 5.74) is 10.6. The molecule has 0 saturated heterocycles. The van der Waals surface area contributed by atoms with Gasteiger partial charge in [-0.1, -0.05) is 32.3 Å². The van der Waals surface area contributed by atoms with E-state index < -0.39 is 11.9 Å². The number of esters is 1. The summed E-state index contributed by atoms with van der Waals surface area (Å²) >= 11 is 0. The molecule has 0 aromatic heterocycles. The first-order valence-electron chi connectivity index (χ1n) is 9.77. The lowest BCUT2D eigenvalue weighted by atomic mass is 10.0. The Morgan fingerprint density at radius 2 is 1.45 bits per heavy atom. The molecule has 5 N–H and O–H groups in total. The highest BCUT2D eigenvalue weighted by Gasteiger charge is 2.16. The molecule has 0 bridgehead atoms. The van der Waals surface area contributed by atoms with Crippen LogP contribution < -0.4 is 11.5 Å². The van der Waals surface area contributed by atoms with Crippen molar-refractivity contribution in [1.29, 1.82) is 0 Å². The SMILES string of the molecule is CCCCCCOC(=O)c1cccc(C(=O)O)c1C.NC(=O)CCCCC(N)=O. The number of carboxylic acid groups (broad SMARTS) is 1. The van der Waals surface area contributed by atoms with E-state index in [0.29, 0.717) is 43.4 Å². The van der Waals surface area contributed by atoms with Crippen LogP contribution in [0.5, 0.6) is 0 Å². The lowest BCUT2D eigenvalue weighted by Gasteiger charge is -2.08. The second kappa shape index (κ2) is 15.1. The van der Waals surface area contributed by atoms with Crippen molar-refractivity contribution in [2.75, 3.05) is 6.61 Å². The van der Waals surface area contributed by atoms with Crippen molar-refractivity contribution in [1.82, 2.24) is 0 Å². The van der Waals surface area contributed by atoms with Gasteiger partial charge in [-0.2, -0.15) is 0 Å². The Kier molecular flexibility index (Phi) is 13.6. The lowest BCUT2D eigenvalue weighted by Crippen LogP contribution is -2.12. The molecule has 0 radical (unpaired) electrons. The van der Waals surface area contributed by atoms with E-state index in [0.717, 1.165) is 25.7 Å². The number of benzene rings is 1. The summed E-state index contributed by atoms with van der Waals surface area (Å²) in [4.78, 5) is 43.1. The molecule has 0 saturated carbocycles. The molecule has 0 heterocycles. The van der Waals surface area contributed by atoms with Gasteiger partial charge in [-0.25, -0.2) is 9.59 Å². The first kappa shape index (κ1) is 26.1. The monoisotopic (exact) mass is 408 g/mol. The number of primary amides is 2. The molecular formula is C21H32N2O6. The van der Waals surface area contributed by atoms with Crippen LogP contribution in [0.3, 0.4) is 0 Å². The van der Waals surface area contributed by atoms with Gasteiger partial charge in [0.15, 0.2) is 0 Å². The number of carbonyl (C=O) groups is 4. The molecule has 0 atom stereocenters. The molecule has 8 nitrogen and oxygen atoms in total. The largest absolute Gasteiger partial charge is 0.478 e. The van der Waals surface area contributed by atoms with E-state index in [4.69, 9.17) is 21.3 Å². The molecule has 162 valence electrons. The summed E-state index contributed by atoms with van der Waals surface area (Å²) in [5.74, 6) is -2.14. The highest BCUT2D eigenvalue weighted by molar-refractivity contribution is 5.97. The van der Waals surface area contributed by atoms with E-state index in [1.807, 2.05) is 0 Å². The molecule has 0 aliphatic carbocycles. The van der Waals surface area contributed by atoms with Gasteiger partial charge in [-0.15, -0.1) is 0 Å². The first-order chi connectivity index (χ1) is 13.7. The average Bonchev–Trinajstić information content (AvgIpc) is 2.65. The Morgan fingerprint density at radius 1 is 0.897 bits per heavy atom. The van der Waals surface area contributed by atoms with E-state index >= 15 is 0 Å². The van der Waals surface area contributed by atoms with Crippen LogP contribution in [0.15, 0.2) is 18.2 Å². The van der Waals surface area contributed by atoms with Crippen molar-refractivity contribution >= 4 is 23.8 Å². The predicted molar refractivity (Wildman–Crippen MR) is 109 cm³/mol. The summed E-state index contributed by atoms with van der Waals surface area (Å²) in [7, 11) is 0. The Morgan fingerprint density at radius 3 is 1.93 bits per heavy atom. The zero-order valence-electron chi connectivity index (χ0n) is 17.2. The van der Waals surface area contributed by atoms with Crippen molar-refractivity contribution in [3.8, 4) is 0 Å². The number of hydrogen-bond donors (Lipinski definition) is 3. The van der Waals surface area contributed by atoms with Gasteiger partial charge in [0.05, 0.1) is 17.7 Å². The molecule has 1 aromatic rings. The predicted octanol–water partition coefficient (Wildman–Crippen LogP) is 2.95. The smallest absolute Gasteiger partial charge is 0.338 e. The number of ether oxygens (including phenoxy) is 1. The molecule has 0 unspecified atom stereocenters. The number of hydrogen-bond acceptors (Lipinski definition) is 5. The van der Waals surface area contributed by atoms with Gasteiger partial charge in [0.25, 0.3) is 0 Å². The molecule has 2 amide bonds. The Balaban J connectivity index is 0.000000665. The minimum Gasteiger partial charge on any atom is -0.478 e. The molecule has 0 aliphatic rings. The van der Waals surface area contributed by atoms with Gasteiger partial charge >= 0.3 is 11.9 Å². The minimum atomic E-state index is -1.03. The summed E-state index contributed by atoms with van der Waals surface area (Å²) < 4.78 is 5.16. The van der Waals surface area contributed by atoms with Crippen LogP contribution in [0, 0.1) is 6.92 Å². The maximum Gasteiger partial charge on any atom is 0.338 e. The Bertz CT molecular complexity index is 672. The fraction of sp³-hybridized carbons (Fsp3) is 0.524. The molecule has 1 aromatic carbocycles. The zero-order valence-corrected chi connectivity index (χ0v) is 17.2. The van der Waals surface area contributed by atoms with E-state index in [1.54, 1.807) is 19.1 Å². The third-order valence-electron chi connectivity index (χ3n) is 4.11. The van der Waals surface area contributed by atoms with Crippen molar-refractivity contribution in [2.45, 2.75) is 65.2 Å².